The summed E-state index contributed by atoms with van der Waals surface area (Å²) in [5.74, 6) is -0.191. The van der Waals surface area contributed by atoms with E-state index in [0.717, 1.165) is 25.7 Å². The minimum Gasteiger partial charge on any atom is -0.463 e. The third kappa shape index (κ3) is 2.89. The third-order valence-electron chi connectivity index (χ3n) is 2.00. The van der Waals surface area contributed by atoms with E-state index in [1.807, 2.05) is 0 Å². The van der Waals surface area contributed by atoms with Crippen LogP contribution in [0.3, 0.4) is 0 Å². The first-order valence-corrected chi connectivity index (χ1v) is 4.11. The van der Waals surface area contributed by atoms with E-state index in [4.69, 9.17) is 10.5 Å². The minimum absolute atomic E-state index is 0.0799. The molecule has 1 aliphatic carbocycles. The normalized spacial score (nSPS) is 31.5. The maximum absolute atomic E-state index is 10.6. The smallest absolute Gasteiger partial charge is 0.302 e. The molecule has 0 radical (unpaired) electrons. The van der Waals surface area contributed by atoms with Crippen LogP contribution in [-0.2, 0) is 9.53 Å². The fourth-order valence-corrected chi connectivity index (χ4v) is 1.52. The predicted molar refractivity (Wildman–Crippen MR) is 42.0 cm³/mol. The minimum atomic E-state index is -0.191. The Morgan fingerprint density at radius 1 is 1.55 bits per heavy atom. The molecule has 0 heterocycles. The van der Waals surface area contributed by atoms with Crippen molar-refractivity contribution >= 4 is 5.97 Å². The van der Waals surface area contributed by atoms with Crippen molar-refractivity contribution in [1.29, 1.82) is 0 Å². The van der Waals surface area contributed by atoms with E-state index in [1.54, 1.807) is 0 Å². The van der Waals surface area contributed by atoms with Gasteiger partial charge in [0.05, 0.1) is 0 Å². The summed E-state index contributed by atoms with van der Waals surface area (Å²) in [6, 6.07) is 0.230. The molecule has 11 heavy (non-hydrogen) atoms. The van der Waals surface area contributed by atoms with Crippen LogP contribution in [0.1, 0.15) is 32.6 Å². The number of ether oxygens (including phenoxy) is 1. The lowest BCUT2D eigenvalue weighted by molar-refractivity contribution is -0.147. The Morgan fingerprint density at radius 3 is 2.82 bits per heavy atom. The van der Waals surface area contributed by atoms with Crippen molar-refractivity contribution in [2.45, 2.75) is 44.8 Å². The lowest BCUT2D eigenvalue weighted by Gasteiger charge is -2.25. The monoisotopic (exact) mass is 157 g/mol. The SMILES string of the molecule is CC(=O)O[C@H]1CCC[C@@H](N)C1. The van der Waals surface area contributed by atoms with Gasteiger partial charge in [-0.3, -0.25) is 4.79 Å². The van der Waals surface area contributed by atoms with Crippen LogP contribution in [0.15, 0.2) is 0 Å². The molecule has 3 nitrogen and oxygen atoms in total. The molecule has 0 amide bonds. The standard InChI is InChI=1S/C8H15NO2/c1-6(10)11-8-4-2-3-7(9)5-8/h7-8H,2-5,9H2,1H3/t7-,8+/m1/s1. The highest BCUT2D eigenvalue weighted by Gasteiger charge is 2.20. The molecule has 0 spiro atoms. The number of rotatable bonds is 1. The largest absolute Gasteiger partial charge is 0.463 e. The number of carbonyl (C=O) groups excluding carboxylic acids is 1. The van der Waals surface area contributed by atoms with Crippen LogP contribution in [0.4, 0.5) is 0 Å². The Hall–Kier alpha value is -0.570. The summed E-state index contributed by atoms with van der Waals surface area (Å²) in [4.78, 5) is 10.6. The average molecular weight is 157 g/mol. The van der Waals surface area contributed by atoms with Crippen LogP contribution in [-0.4, -0.2) is 18.1 Å². The maximum Gasteiger partial charge on any atom is 0.302 e. The van der Waals surface area contributed by atoms with Gasteiger partial charge >= 0.3 is 5.97 Å². The summed E-state index contributed by atoms with van der Waals surface area (Å²) < 4.78 is 5.04. The van der Waals surface area contributed by atoms with Crippen molar-refractivity contribution in [3.8, 4) is 0 Å². The molecule has 1 fully saturated rings. The summed E-state index contributed by atoms with van der Waals surface area (Å²) in [5, 5.41) is 0. The van der Waals surface area contributed by atoms with Crippen LogP contribution in [0, 0.1) is 0 Å². The van der Waals surface area contributed by atoms with Gasteiger partial charge in [-0.05, 0) is 25.7 Å². The Bertz CT molecular complexity index is 147. The molecule has 64 valence electrons. The van der Waals surface area contributed by atoms with Gasteiger partial charge in [0.15, 0.2) is 0 Å². The van der Waals surface area contributed by atoms with Crippen LogP contribution in [0.2, 0.25) is 0 Å². The first-order valence-electron chi connectivity index (χ1n) is 4.11. The van der Waals surface area contributed by atoms with E-state index in [1.165, 1.54) is 6.92 Å². The predicted octanol–water partition coefficient (Wildman–Crippen LogP) is 0.819. The summed E-state index contributed by atoms with van der Waals surface area (Å²) in [6.07, 6.45) is 4.04. The average Bonchev–Trinajstić information content (AvgIpc) is 1.85. The van der Waals surface area contributed by atoms with E-state index in [-0.39, 0.29) is 18.1 Å². The van der Waals surface area contributed by atoms with Gasteiger partial charge in [0.1, 0.15) is 6.10 Å². The van der Waals surface area contributed by atoms with Gasteiger partial charge in [-0.15, -0.1) is 0 Å². The third-order valence-corrected chi connectivity index (χ3v) is 2.00. The van der Waals surface area contributed by atoms with Crippen LogP contribution in [0.5, 0.6) is 0 Å². The topological polar surface area (TPSA) is 52.3 Å². The lowest BCUT2D eigenvalue weighted by Crippen LogP contribution is -2.32. The van der Waals surface area contributed by atoms with Gasteiger partial charge in [-0.2, -0.15) is 0 Å². The van der Waals surface area contributed by atoms with Gasteiger partial charge in [-0.1, -0.05) is 0 Å². The molecule has 3 heteroatoms. The summed E-state index contributed by atoms with van der Waals surface area (Å²) in [5.41, 5.74) is 5.71. The van der Waals surface area contributed by atoms with Gasteiger partial charge in [0, 0.05) is 13.0 Å². The van der Waals surface area contributed by atoms with Crippen molar-refractivity contribution in [2.24, 2.45) is 5.73 Å². The molecule has 0 saturated heterocycles. The van der Waals surface area contributed by atoms with Crippen molar-refractivity contribution in [3.63, 3.8) is 0 Å². The van der Waals surface area contributed by atoms with Gasteiger partial charge in [0.25, 0.3) is 0 Å². The highest BCUT2D eigenvalue weighted by molar-refractivity contribution is 5.66. The van der Waals surface area contributed by atoms with Crippen molar-refractivity contribution in [3.05, 3.63) is 0 Å². The highest BCUT2D eigenvalue weighted by atomic mass is 16.5. The summed E-state index contributed by atoms with van der Waals surface area (Å²) in [6.45, 7) is 1.44. The highest BCUT2D eigenvalue weighted by Crippen LogP contribution is 2.19. The van der Waals surface area contributed by atoms with Crippen LogP contribution >= 0.6 is 0 Å². The Labute approximate surface area is 66.9 Å². The molecular formula is C8H15NO2. The number of hydrogen-bond acceptors (Lipinski definition) is 3. The van der Waals surface area contributed by atoms with Crippen molar-refractivity contribution in [2.75, 3.05) is 0 Å². The fraction of sp³-hybridized carbons (Fsp3) is 0.875. The summed E-state index contributed by atoms with van der Waals surface area (Å²) in [7, 11) is 0. The van der Waals surface area contributed by atoms with Gasteiger partial charge in [0.2, 0.25) is 0 Å². The quantitative estimate of drug-likeness (QED) is 0.573. The molecule has 0 bridgehead atoms. The number of esters is 1. The fourth-order valence-electron chi connectivity index (χ4n) is 1.52. The number of hydrogen-bond donors (Lipinski definition) is 1. The molecule has 0 aromatic rings. The van der Waals surface area contributed by atoms with E-state index >= 15 is 0 Å². The molecule has 0 unspecified atom stereocenters. The Morgan fingerprint density at radius 2 is 2.27 bits per heavy atom. The summed E-state index contributed by atoms with van der Waals surface area (Å²) >= 11 is 0. The Balaban J connectivity index is 2.28. The van der Waals surface area contributed by atoms with Crippen LogP contribution < -0.4 is 5.73 Å². The first kappa shape index (κ1) is 8.53. The second-order valence-electron chi connectivity index (χ2n) is 3.16. The molecule has 2 atom stereocenters. The first-order chi connectivity index (χ1) is 5.18. The van der Waals surface area contributed by atoms with E-state index in [9.17, 15) is 4.79 Å². The van der Waals surface area contributed by atoms with E-state index in [0.29, 0.717) is 0 Å². The zero-order valence-corrected chi connectivity index (χ0v) is 6.88. The zero-order chi connectivity index (χ0) is 8.27. The lowest BCUT2D eigenvalue weighted by atomic mass is 9.94. The van der Waals surface area contributed by atoms with Gasteiger partial charge < -0.3 is 10.5 Å². The maximum atomic E-state index is 10.6. The molecule has 0 aromatic heterocycles. The molecule has 0 aliphatic heterocycles. The molecule has 2 N–H and O–H groups in total. The molecular weight excluding hydrogens is 142 g/mol. The van der Waals surface area contributed by atoms with Gasteiger partial charge in [-0.25, -0.2) is 0 Å². The van der Waals surface area contributed by atoms with Crippen LogP contribution in [0.25, 0.3) is 0 Å². The number of carbonyl (C=O) groups is 1. The molecule has 0 aromatic carbocycles. The molecule has 1 rings (SSSR count). The Kier molecular flexibility index (Phi) is 2.88. The zero-order valence-electron chi connectivity index (χ0n) is 6.88. The molecule has 1 saturated carbocycles. The second kappa shape index (κ2) is 3.72. The molecule has 1 aliphatic rings. The van der Waals surface area contributed by atoms with E-state index in [2.05, 4.69) is 0 Å². The van der Waals surface area contributed by atoms with Crippen molar-refractivity contribution in [1.82, 2.24) is 0 Å². The second-order valence-corrected chi connectivity index (χ2v) is 3.16. The van der Waals surface area contributed by atoms with Crippen molar-refractivity contribution < 1.29 is 9.53 Å². The van der Waals surface area contributed by atoms with E-state index < -0.39 is 0 Å². The number of nitrogens with two attached hydrogens (primary N) is 1.